The van der Waals surface area contributed by atoms with Crippen molar-refractivity contribution in [3.8, 4) is 5.69 Å². The molecule has 0 fully saturated rings. The summed E-state index contributed by atoms with van der Waals surface area (Å²) < 4.78 is 6.75. The normalized spacial score (nSPS) is 11.9. The van der Waals surface area contributed by atoms with E-state index in [1.54, 1.807) is 28.9 Å². The number of halogens is 1. The van der Waals surface area contributed by atoms with Gasteiger partial charge >= 0.3 is 5.97 Å². The molecule has 25 heavy (non-hydrogen) atoms. The third kappa shape index (κ3) is 4.60. The summed E-state index contributed by atoms with van der Waals surface area (Å²) in [6, 6.07) is 6.83. The third-order valence-electron chi connectivity index (χ3n) is 3.90. The Balaban J connectivity index is 2.01. The summed E-state index contributed by atoms with van der Waals surface area (Å²) in [6.45, 7) is 7.28. The Hall–Kier alpha value is -2.34. The molecule has 2 aromatic rings. The van der Waals surface area contributed by atoms with Crippen LogP contribution in [-0.2, 0) is 9.53 Å². The van der Waals surface area contributed by atoms with Crippen molar-refractivity contribution in [2.24, 2.45) is 0 Å². The topological polar surface area (TPSA) is 73.2 Å². The first kappa shape index (κ1) is 19.0. The van der Waals surface area contributed by atoms with Gasteiger partial charge in [0.2, 0.25) is 0 Å². The van der Waals surface area contributed by atoms with Crippen molar-refractivity contribution in [2.75, 3.05) is 6.61 Å². The summed E-state index contributed by atoms with van der Waals surface area (Å²) >= 11 is 6.15. The largest absolute Gasteiger partial charge is 0.452 e. The number of hydrogen-bond donors (Lipinski definition) is 1. The lowest BCUT2D eigenvalue weighted by Crippen LogP contribution is -2.35. The van der Waals surface area contributed by atoms with Gasteiger partial charge in [0.25, 0.3) is 5.91 Å². The number of hydrogen-bond acceptors (Lipinski definition) is 4. The van der Waals surface area contributed by atoms with Crippen molar-refractivity contribution in [3.05, 3.63) is 46.2 Å². The minimum atomic E-state index is -0.544. The van der Waals surface area contributed by atoms with Crippen molar-refractivity contribution >= 4 is 23.5 Å². The molecule has 0 aliphatic rings. The van der Waals surface area contributed by atoms with Crippen LogP contribution in [0, 0.1) is 13.8 Å². The van der Waals surface area contributed by atoms with E-state index in [1.807, 2.05) is 27.7 Å². The van der Waals surface area contributed by atoms with Gasteiger partial charge in [-0.2, -0.15) is 5.10 Å². The van der Waals surface area contributed by atoms with E-state index < -0.39 is 5.97 Å². The van der Waals surface area contributed by atoms with Gasteiger partial charge < -0.3 is 10.1 Å². The Morgan fingerprint density at radius 2 is 1.92 bits per heavy atom. The first-order chi connectivity index (χ1) is 11.8. The standard InChI is InChI=1S/C18H22ClN3O3/c1-5-11(2)20-16(23)10-25-18(24)14-6-8-15(9-7-14)22-13(4)17(19)12(3)21-22/h6-9,11H,5,10H2,1-4H3,(H,20,23). The number of esters is 1. The average Bonchev–Trinajstić information content (AvgIpc) is 2.87. The SMILES string of the molecule is CCC(C)NC(=O)COC(=O)c1ccc(-n2nc(C)c(Cl)c2C)cc1. The third-order valence-corrected chi connectivity index (χ3v) is 4.45. The van der Waals surface area contributed by atoms with Crippen LogP contribution in [0.1, 0.15) is 42.0 Å². The highest BCUT2D eigenvalue weighted by Gasteiger charge is 2.14. The number of ether oxygens (including phenoxy) is 1. The molecule has 0 aliphatic carbocycles. The van der Waals surface area contributed by atoms with Crippen LogP contribution in [0.25, 0.3) is 5.69 Å². The fourth-order valence-corrected chi connectivity index (χ4v) is 2.36. The summed E-state index contributed by atoms with van der Waals surface area (Å²) in [6.07, 6.45) is 0.817. The minimum Gasteiger partial charge on any atom is -0.452 e. The second-order valence-corrected chi connectivity index (χ2v) is 6.27. The smallest absolute Gasteiger partial charge is 0.338 e. The quantitative estimate of drug-likeness (QED) is 0.800. The molecule has 0 saturated heterocycles. The number of nitrogens with one attached hydrogen (secondary N) is 1. The van der Waals surface area contributed by atoms with Gasteiger partial charge in [-0.3, -0.25) is 4.79 Å². The number of amides is 1. The van der Waals surface area contributed by atoms with Crippen LogP contribution in [-0.4, -0.2) is 34.3 Å². The monoisotopic (exact) mass is 363 g/mol. The van der Waals surface area contributed by atoms with Gasteiger partial charge in [-0.1, -0.05) is 18.5 Å². The highest BCUT2D eigenvalue weighted by atomic mass is 35.5. The number of nitrogens with zero attached hydrogens (tertiary/aromatic N) is 2. The Kier molecular flexibility index (Phi) is 6.20. The molecular weight excluding hydrogens is 342 g/mol. The maximum atomic E-state index is 12.0. The van der Waals surface area contributed by atoms with Crippen LogP contribution in [0.3, 0.4) is 0 Å². The van der Waals surface area contributed by atoms with Crippen molar-refractivity contribution < 1.29 is 14.3 Å². The van der Waals surface area contributed by atoms with E-state index in [2.05, 4.69) is 10.4 Å². The molecule has 1 amide bonds. The van der Waals surface area contributed by atoms with E-state index in [-0.39, 0.29) is 18.6 Å². The van der Waals surface area contributed by atoms with Crippen LogP contribution in [0.2, 0.25) is 5.02 Å². The predicted molar refractivity (Wildman–Crippen MR) is 96.2 cm³/mol. The average molecular weight is 364 g/mol. The molecule has 134 valence electrons. The van der Waals surface area contributed by atoms with Gasteiger partial charge in [-0.05, 0) is 51.5 Å². The molecule has 7 heteroatoms. The van der Waals surface area contributed by atoms with Gasteiger partial charge in [0, 0.05) is 6.04 Å². The highest BCUT2D eigenvalue weighted by Crippen LogP contribution is 2.22. The van der Waals surface area contributed by atoms with E-state index in [4.69, 9.17) is 16.3 Å². The molecule has 1 aromatic carbocycles. The maximum absolute atomic E-state index is 12.0. The number of carbonyl (C=O) groups is 2. The molecule has 0 aliphatic heterocycles. The first-order valence-corrected chi connectivity index (χ1v) is 8.50. The molecule has 0 saturated carbocycles. The second kappa shape index (κ2) is 8.16. The van der Waals surface area contributed by atoms with Crippen molar-refractivity contribution in [2.45, 2.75) is 40.2 Å². The second-order valence-electron chi connectivity index (χ2n) is 5.90. The van der Waals surface area contributed by atoms with Crippen molar-refractivity contribution in [1.82, 2.24) is 15.1 Å². The van der Waals surface area contributed by atoms with E-state index in [0.717, 1.165) is 23.5 Å². The molecule has 1 aromatic heterocycles. The minimum absolute atomic E-state index is 0.0538. The van der Waals surface area contributed by atoms with Gasteiger partial charge in [-0.25, -0.2) is 9.48 Å². The van der Waals surface area contributed by atoms with Crippen molar-refractivity contribution in [1.29, 1.82) is 0 Å². The fraction of sp³-hybridized carbons (Fsp3) is 0.389. The number of benzene rings is 1. The maximum Gasteiger partial charge on any atom is 0.338 e. The number of aryl methyl sites for hydroxylation is 1. The lowest BCUT2D eigenvalue weighted by molar-refractivity contribution is -0.124. The van der Waals surface area contributed by atoms with E-state index in [9.17, 15) is 9.59 Å². The molecular formula is C18H22ClN3O3. The van der Waals surface area contributed by atoms with E-state index in [0.29, 0.717) is 10.6 Å². The van der Waals surface area contributed by atoms with Crippen LogP contribution >= 0.6 is 11.6 Å². The predicted octanol–water partition coefficient (Wildman–Crippen LogP) is 3.21. The van der Waals surface area contributed by atoms with Crippen LogP contribution in [0.15, 0.2) is 24.3 Å². The molecule has 1 heterocycles. The Bertz CT molecular complexity index is 769. The molecule has 0 bridgehead atoms. The zero-order chi connectivity index (χ0) is 18.6. The van der Waals surface area contributed by atoms with E-state index in [1.165, 1.54) is 0 Å². The summed E-state index contributed by atoms with van der Waals surface area (Å²) in [4.78, 5) is 23.7. The number of carbonyl (C=O) groups excluding carboxylic acids is 2. The van der Waals surface area contributed by atoms with Crippen LogP contribution in [0.5, 0.6) is 0 Å². The van der Waals surface area contributed by atoms with Gasteiger partial charge in [0.15, 0.2) is 6.61 Å². The molecule has 6 nitrogen and oxygen atoms in total. The van der Waals surface area contributed by atoms with E-state index >= 15 is 0 Å². The molecule has 0 spiro atoms. The Morgan fingerprint density at radius 1 is 1.28 bits per heavy atom. The number of aromatic nitrogens is 2. The highest BCUT2D eigenvalue weighted by molar-refractivity contribution is 6.31. The molecule has 1 atom stereocenters. The summed E-state index contributed by atoms with van der Waals surface area (Å²) in [5.41, 5.74) is 2.73. The summed E-state index contributed by atoms with van der Waals surface area (Å²) in [5.74, 6) is -0.853. The number of rotatable bonds is 6. The van der Waals surface area contributed by atoms with Crippen molar-refractivity contribution in [3.63, 3.8) is 0 Å². The Labute approximate surface area is 152 Å². The summed E-state index contributed by atoms with van der Waals surface area (Å²) in [7, 11) is 0. The summed E-state index contributed by atoms with van der Waals surface area (Å²) in [5, 5.41) is 7.73. The lowest BCUT2D eigenvalue weighted by Gasteiger charge is -2.11. The molecule has 1 N–H and O–H groups in total. The molecule has 2 rings (SSSR count). The zero-order valence-electron chi connectivity index (χ0n) is 14.8. The first-order valence-electron chi connectivity index (χ1n) is 8.12. The van der Waals surface area contributed by atoms with Crippen LogP contribution < -0.4 is 5.32 Å². The zero-order valence-corrected chi connectivity index (χ0v) is 15.6. The lowest BCUT2D eigenvalue weighted by atomic mass is 10.2. The molecule has 0 radical (unpaired) electrons. The van der Waals surface area contributed by atoms with Crippen LogP contribution in [0.4, 0.5) is 0 Å². The Morgan fingerprint density at radius 3 is 2.44 bits per heavy atom. The van der Waals surface area contributed by atoms with Gasteiger partial charge in [0.1, 0.15) is 0 Å². The van der Waals surface area contributed by atoms with Gasteiger partial charge in [-0.15, -0.1) is 0 Å². The molecule has 1 unspecified atom stereocenters. The van der Waals surface area contributed by atoms with Gasteiger partial charge in [0.05, 0.1) is 27.7 Å². The fourth-order valence-electron chi connectivity index (χ4n) is 2.25.